The second-order valence-electron chi connectivity index (χ2n) is 4.53. The molecule has 3 rings (SSSR count). The highest BCUT2D eigenvalue weighted by molar-refractivity contribution is 6.04. The van der Waals surface area contributed by atoms with Gasteiger partial charge in [0.25, 0.3) is 0 Å². The lowest BCUT2D eigenvalue weighted by Crippen LogP contribution is -2.26. The average molecular weight is 240 g/mol. The molecule has 2 aromatic rings. The Kier molecular flexibility index (Phi) is 2.59. The van der Waals surface area contributed by atoms with Crippen LogP contribution in [0.4, 0.5) is 0 Å². The molecule has 1 aromatic carbocycles. The van der Waals surface area contributed by atoms with Gasteiger partial charge in [-0.2, -0.15) is 0 Å². The lowest BCUT2D eigenvalue weighted by molar-refractivity contribution is 0.0820. The van der Waals surface area contributed by atoms with Crippen LogP contribution < -0.4 is 0 Å². The Labute approximate surface area is 104 Å². The van der Waals surface area contributed by atoms with E-state index in [4.69, 9.17) is 4.42 Å². The van der Waals surface area contributed by atoms with Crippen molar-refractivity contribution in [1.29, 1.82) is 0 Å². The summed E-state index contributed by atoms with van der Waals surface area (Å²) in [5.41, 5.74) is 1.71. The Morgan fingerprint density at radius 3 is 2.72 bits per heavy atom. The highest BCUT2D eigenvalue weighted by Gasteiger charge is 2.31. The largest absolute Gasteiger partial charge is 0.461 e. The molecule has 0 radical (unpaired) electrons. The van der Waals surface area contributed by atoms with E-state index in [0.717, 1.165) is 11.1 Å². The summed E-state index contributed by atoms with van der Waals surface area (Å²) in [7, 11) is 0. The number of rotatable bonds is 2. The molecule has 0 spiro atoms. The molecule has 3 heteroatoms. The molecule has 0 bridgehead atoms. The van der Waals surface area contributed by atoms with Crippen molar-refractivity contribution in [2.75, 3.05) is 0 Å². The maximum Gasteiger partial charge on any atom is 0.201 e. The third kappa shape index (κ3) is 1.78. The number of hydrogen-bond donors (Lipinski definition) is 0. The fourth-order valence-electron chi connectivity index (χ4n) is 2.45. The third-order valence-electron chi connectivity index (χ3n) is 3.35. The zero-order chi connectivity index (χ0) is 12.5. The molecule has 0 saturated heterocycles. The number of hydrogen-bond acceptors (Lipinski definition) is 3. The minimum absolute atomic E-state index is 0.0433. The van der Waals surface area contributed by atoms with Crippen LogP contribution >= 0.6 is 0 Å². The molecule has 1 atom stereocenters. The number of carbonyl (C=O) groups is 2. The van der Waals surface area contributed by atoms with Gasteiger partial charge in [-0.25, -0.2) is 0 Å². The van der Waals surface area contributed by atoms with E-state index in [9.17, 15) is 9.59 Å². The maximum absolute atomic E-state index is 12.2. The van der Waals surface area contributed by atoms with Crippen molar-refractivity contribution in [3.8, 4) is 0 Å². The fraction of sp³-hybridized carbons (Fsp3) is 0.200. The number of Topliss-reactive ketones (excluding diaryl/α,β-unsaturated/α-hetero) is 2. The smallest absolute Gasteiger partial charge is 0.201 e. The lowest BCUT2D eigenvalue weighted by Gasteiger charge is -2.21. The lowest BCUT2D eigenvalue weighted by atomic mass is 9.80. The van der Waals surface area contributed by atoms with Gasteiger partial charge in [0, 0.05) is 17.9 Å². The van der Waals surface area contributed by atoms with Crippen LogP contribution in [0.25, 0.3) is 0 Å². The Bertz CT molecular complexity index is 596. The first-order valence-corrected chi connectivity index (χ1v) is 5.94. The molecule has 18 heavy (non-hydrogen) atoms. The van der Waals surface area contributed by atoms with Gasteiger partial charge < -0.3 is 4.42 Å². The summed E-state index contributed by atoms with van der Waals surface area (Å²) in [4.78, 5) is 24.2. The SMILES string of the molecule is O=C1CC(C(=O)c2ccco2)Cc2ccccc21. The Morgan fingerprint density at radius 1 is 1.11 bits per heavy atom. The third-order valence-corrected chi connectivity index (χ3v) is 3.35. The predicted octanol–water partition coefficient (Wildman–Crippen LogP) is 2.91. The van der Waals surface area contributed by atoms with E-state index in [1.54, 1.807) is 12.1 Å². The molecule has 1 aromatic heterocycles. The van der Waals surface area contributed by atoms with Gasteiger partial charge in [0.2, 0.25) is 5.78 Å². The summed E-state index contributed by atoms with van der Waals surface area (Å²) < 4.78 is 5.11. The topological polar surface area (TPSA) is 47.3 Å². The number of ketones is 2. The zero-order valence-electron chi connectivity index (χ0n) is 9.76. The normalized spacial score (nSPS) is 18.4. The van der Waals surface area contributed by atoms with E-state index in [2.05, 4.69) is 0 Å². The minimum Gasteiger partial charge on any atom is -0.461 e. The van der Waals surface area contributed by atoms with Gasteiger partial charge in [0.05, 0.1) is 6.26 Å². The van der Waals surface area contributed by atoms with Crippen LogP contribution in [0.1, 0.15) is 32.9 Å². The van der Waals surface area contributed by atoms with Crippen molar-refractivity contribution in [2.45, 2.75) is 12.8 Å². The van der Waals surface area contributed by atoms with Crippen molar-refractivity contribution in [1.82, 2.24) is 0 Å². The van der Waals surface area contributed by atoms with Crippen LogP contribution in [0, 0.1) is 5.92 Å². The van der Waals surface area contributed by atoms with Gasteiger partial charge in [-0.1, -0.05) is 24.3 Å². The van der Waals surface area contributed by atoms with Crippen LogP contribution in [0.3, 0.4) is 0 Å². The molecule has 1 unspecified atom stereocenters. The van der Waals surface area contributed by atoms with Crippen molar-refractivity contribution in [3.05, 3.63) is 59.5 Å². The zero-order valence-corrected chi connectivity index (χ0v) is 9.76. The molecule has 1 heterocycles. The molecule has 0 N–H and O–H groups in total. The first-order chi connectivity index (χ1) is 8.75. The standard InChI is InChI=1S/C15H12O3/c16-13-9-11(15(17)14-6-3-7-18-14)8-10-4-1-2-5-12(10)13/h1-7,11H,8-9H2. The molecule has 0 fully saturated rings. The summed E-state index contributed by atoms with van der Waals surface area (Å²) in [6.07, 6.45) is 2.36. The summed E-state index contributed by atoms with van der Waals surface area (Å²) >= 11 is 0. The van der Waals surface area contributed by atoms with E-state index in [0.29, 0.717) is 12.2 Å². The minimum atomic E-state index is -0.293. The second kappa shape index (κ2) is 4.26. The van der Waals surface area contributed by atoms with Gasteiger partial charge in [0.15, 0.2) is 11.5 Å². The molecule has 0 saturated carbocycles. The quantitative estimate of drug-likeness (QED) is 0.758. The molecular weight excluding hydrogens is 228 g/mol. The van der Waals surface area contributed by atoms with Crippen LogP contribution in [0.2, 0.25) is 0 Å². The number of benzene rings is 1. The van der Waals surface area contributed by atoms with Crippen LogP contribution in [0.5, 0.6) is 0 Å². The van der Waals surface area contributed by atoms with E-state index in [1.165, 1.54) is 6.26 Å². The first-order valence-electron chi connectivity index (χ1n) is 5.94. The number of fused-ring (bicyclic) bond motifs is 1. The summed E-state index contributed by atoms with van der Waals surface area (Å²) in [6.45, 7) is 0. The van der Waals surface area contributed by atoms with E-state index in [1.807, 2.05) is 24.3 Å². The highest BCUT2D eigenvalue weighted by Crippen LogP contribution is 2.27. The van der Waals surface area contributed by atoms with Crippen molar-refractivity contribution < 1.29 is 14.0 Å². The van der Waals surface area contributed by atoms with E-state index < -0.39 is 0 Å². The second-order valence-corrected chi connectivity index (χ2v) is 4.53. The van der Waals surface area contributed by atoms with E-state index in [-0.39, 0.29) is 23.9 Å². The Hall–Kier alpha value is -2.16. The number of furan rings is 1. The summed E-state index contributed by atoms with van der Waals surface area (Å²) in [5.74, 6) is 0.00957. The van der Waals surface area contributed by atoms with Crippen molar-refractivity contribution in [2.24, 2.45) is 5.92 Å². The highest BCUT2D eigenvalue weighted by atomic mass is 16.3. The fourth-order valence-corrected chi connectivity index (χ4v) is 2.45. The molecule has 1 aliphatic carbocycles. The molecular formula is C15H12O3. The van der Waals surface area contributed by atoms with Crippen molar-refractivity contribution >= 4 is 11.6 Å². The van der Waals surface area contributed by atoms with Crippen LogP contribution in [-0.4, -0.2) is 11.6 Å². The van der Waals surface area contributed by atoms with Gasteiger partial charge in [0.1, 0.15) is 0 Å². The summed E-state index contributed by atoms with van der Waals surface area (Å²) in [6, 6.07) is 10.8. The van der Waals surface area contributed by atoms with Crippen molar-refractivity contribution in [3.63, 3.8) is 0 Å². The average Bonchev–Trinajstić information content (AvgIpc) is 2.91. The summed E-state index contributed by atoms with van der Waals surface area (Å²) in [5, 5.41) is 0. The Balaban J connectivity index is 1.90. The molecule has 3 nitrogen and oxygen atoms in total. The Morgan fingerprint density at radius 2 is 1.94 bits per heavy atom. The maximum atomic E-state index is 12.2. The van der Waals surface area contributed by atoms with Gasteiger partial charge in [-0.05, 0) is 24.1 Å². The van der Waals surface area contributed by atoms with Gasteiger partial charge in [-0.3, -0.25) is 9.59 Å². The molecule has 0 amide bonds. The number of carbonyl (C=O) groups excluding carboxylic acids is 2. The monoisotopic (exact) mass is 240 g/mol. The van der Waals surface area contributed by atoms with Crippen LogP contribution in [0.15, 0.2) is 47.1 Å². The molecule has 90 valence electrons. The van der Waals surface area contributed by atoms with Crippen LogP contribution in [-0.2, 0) is 6.42 Å². The molecule has 1 aliphatic rings. The van der Waals surface area contributed by atoms with E-state index >= 15 is 0 Å². The van der Waals surface area contributed by atoms with Gasteiger partial charge in [-0.15, -0.1) is 0 Å². The molecule has 0 aliphatic heterocycles. The first kappa shape index (κ1) is 11.0. The van der Waals surface area contributed by atoms with Gasteiger partial charge >= 0.3 is 0 Å². The predicted molar refractivity (Wildman–Crippen MR) is 65.6 cm³/mol.